The van der Waals surface area contributed by atoms with E-state index in [9.17, 15) is 5.11 Å². The van der Waals surface area contributed by atoms with Crippen LogP contribution in [0.2, 0.25) is 0 Å². The summed E-state index contributed by atoms with van der Waals surface area (Å²) in [4.78, 5) is 8.39. The molecule has 0 amide bonds. The maximum atomic E-state index is 9.57. The molecule has 2 aromatic rings. The predicted molar refractivity (Wildman–Crippen MR) is 68.5 cm³/mol. The SMILES string of the molecule is Oc1cc(-c2nc(C3CCC3)no2)cnc1I. The maximum absolute atomic E-state index is 9.57. The standard InChI is InChI=1S/C11H10IN3O2/c12-9-8(16)4-7(5-13-9)11-14-10(15-17-11)6-2-1-3-6/h4-6,16H,1-3H2. The second-order valence-corrected chi connectivity index (χ2v) is 5.14. The molecule has 1 aliphatic rings. The van der Waals surface area contributed by atoms with E-state index in [-0.39, 0.29) is 5.75 Å². The molecule has 3 rings (SSSR count). The molecular weight excluding hydrogens is 333 g/mol. The zero-order valence-electron chi connectivity index (χ0n) is 8.93. The van der Waals surface area contributed by atoms with Gasteiger partial charge in [0.05, 0.1) is 5.56 Å². The molecule has 0 spiro atoms. The van der Waals surface area contributed by atoms with E-state index in [1.165, 1.54) is 6.42 Å². The normalized spacial score (nSPS) is 15.8. The fourth-order valence-electron chi connectivity index (χ4n) is 1.74. The van der Waals surface area contributed by atoms with E-state index >= 15 is 0 Å². The number of hydrogen-bond acceptors (Lipinski definition) is 5. The van der Waals surface area contributed by atoms with Crippen LogP contribution in [0.4, 0.5) is 0 Å². The van der Waals surface area contributed by atoms with E-state index in [0.29, 0.717) is 21.1 Å². The molecule has 6 heteroatoms. The number of nitrogens with zero attached hydrogens (tertiary/aromatic N) is 3. The van der Waals surface area contributed by atoms with Gasteiger partial charge in [0.1, 0.15) is 9.45 Å². The topological polar surface area (TPSA) is 72.0 Å². The molecule has 5 nitrogen and oxygen atoms in total. The number of pyridine rings is 1. The fourth-order valence-corrected chi connectivity index (χ4v) is 2.03. The Morgan fingerprint density at radius 2 is 2.24 bits per heavy atom. The fraction of sp³-hybridized carbons (Fsp3) is 0.364. The van der Waals surface area contributed by atoms with Crippen LogP contribution in [-0.2, 0) is 0 Å². The lowest BCUT2D eigenvalue weighted by atomic mass is 9.85. The third kappa shape index (κ3) is 2.01. The third-order valence-electron chi connectivity index (χ3n) is 2.98. The van der Waals surface area contributed by atoms with Crippen molar-refractivity contribution in [3.8, 4) is 17.2 Å². The van der Waals surface area contributed by atoms with Gasteiger partial charge < -0.3 is 9.63 Å². The smallest absolute Gasteiger partial charge is 0.259 e. The molecule has 1 saturated carbocycles. The number of aromatic hydroxyl groups is 1. The molecule has 1 aliphatic carbocycles. The first kappa shape index (κ1) is 10.9. The molecule has 1 N–H and O–H groups in total. The molecule has 88 valence electrons. The van der Waals surface area contributed by atoms with Crippen molar-refractivity contribution < 1.29 is 9.63 Å². The molecule has 2 heterocycles. The van der Waals surface area contributed by atoms with Gasteiger partial charge in [-0.2, -0.15) is 4.98 Å². The lowest BCUT2D eigenvalue weighted by Crippen LogP contribution is -2.10. The highest BCUT2D eigenvalue weighted by Gasteiger charge is 2.25. The van der Waals surface area contributed by atoms with Gasteiger partial charge >= 0.3 is 0 Å². The van der Waals surface area contributed by atoms with Crippen LogP contribution in [0.5, 0.6) is 5.75 Å². The van der Waals surface area contributed by atoms with Crippen molar-refractivity contribution in [2.45, 2.75) is 25.2 Å². The first-order valence-corrected chi connectivity index (χ1v) is 6.50. The maximum Gasteiger partial charge on any atom is 0.259 e. The highest BCUT2D eigenvalue weighted by Crippen LogP contribution is 2.35. The minimum Gasteiger partial charge on any atom is -0.505 e. The Labute approximate surface area is 111 Å². The summed E-state index contributed by atoms with van der Waals surface area (Å²) in [5, 5.41) is 13.5. The molecule has 0 atom stereocenters. The number of aromatic nitrogens is 3. The van der Waals surface area contributed by atoms with Gasteiger partial charge in [0.2, 0.25) is 0 Å². The van der Waals surface area contributed by atoms with E-state index in [2.05, 4.69) is 15.1 Å². The summed E-state index contributed by atoms with van der Waals surface area (Å²) in [7, 11) is 0. The highest BCUT2D eigenvalue weighted by atomic mass is 127. The first-order valence-electron chi connectivity index (χ1n) is 5.42. The molecule has 2 aromatic heterocycles. The van der Waals surface area contributed by atoms with E-state index in [0.717, 1.165) is 18.7 Å². The molecule has 0 bridgehead atoms. The van der Waals surface area contributed by atoms with Crippen molar-refractivity contribution in [3.63, 3.8) is 0 Å². The monoisotopic (exact) mass is 343 g/mol. The highest BCUT2D eigenvalue weighted by molar-refractivity contribution is 14.1. The zero-order valence-corrected chi connectivity index (χ0v) is 11.1. The summed E-state index contributed by atoms with van der Waals surface area (Å²) in [6.07, 6.45) is 5.13. The van der Waals surface area contributed by atoms with Crippen LogP contribution in [0.25, 0.3) is 11.5 Å². The predicted octanol–water partition coefficient (Wildman–Crippen LogP) is 2.71. The summed E-state index contributed by atoms with van der Waals surface area (Å²) >= 11 is 1.96. The average Bonchev–Trinajstić information content (AvgIpc) is 2.69. The van der Waals surface area contributed by atoms with E-state index in [1.54, 1.807) is 12.3 Å². The van der Waals surface area contributed by atoms with Crippen LogP contribution in [0.3, 0.4) is 0 Å². The molecule has 0 unspecified atom stereocenters. The second-order valence-electron chi connectivity index (χ2n) is 4.12. The first-order chi connectivity index (χ1) is 8.24. The van der Waals surface area contributed by atoms with Crippen LogP contribution >= 0.6 is 22.6 Å². The van der Waals surface area contributed by atoms with E-state index < -0.39 is 0 Å². The average molecular weight is 343 g/mol. The van der Waals surface area contributed by atoms with Crippen LogP contribution in [0, 0.1) is 3.70 Å². The van der Waals surface area contributed by atoms with Gasteiger partial charge in [-0.15, -0.1) is 0 Å². The molecule has 1 fully saturated rings. The summed E-state index contributed by atoms with van der Waals surface area (Å²) in [5.74, 6) is 1.76. The summed E-state index contributed by atoms with van der Waals surface area (Å²) in [6, 6.07) is 1.59. The number of rotatable bonds is 2. The largest absolute Gasteiger partial charge is 0.505 e. The zero-order chi connectivity index (χ0) is 11.8. The molecule has 0 aromatic carbocycles. The van der Waals surface area contributed by atoms with Crippen LogP contribution in [0.1, 0.15) is 31.0 Å². The molecular formula is C11H10IN3O2. The van der Waals surface area contributed by atoms with Gasteiger partial charge in [0.25, 0.3) is 5.89 Å². The Balaban J connectivity index is 1.92. The summed E-state index contributed by atoms with van der Waals surface area (Å²) in [5.41, 5.74) is 0.654. The van der Waals surface area contributed by atoms with Crippen molar-refractivity contribution in [2.24, 2.45) is 0 Å². The summed E-state index contributed by atoms with van der Waals surface area (Å²) < 4.78 is 5.75. The second kappa shape index (κ2) is 4.25. The minimum absolute atomic E-state index is 0.131. The van der Waals surface area contributed by atoms with Crippen molar-refractivity contribution in [1.29, 1.82) is 0 Å². The Kier molecular flexibility index (Phi) is 2.73. The molecule has 0 radical (unpaired) electrons. The molecule has 0 saturated heterocycles. The van der Waals surface area contributed by atoms with Gasteiger partial charge in [-0.05, 0) is 41.5 Å². The van der Waals surface area contributed by atoms with Crippen molar-refractivity contribution >= 4 is 22.6 Å². The number of hydrogen-bond donors (Lipinski definition) is 1. The quantitative estimate of drug-likeness (QED) is 0.671. The van der Waals surface area contributed by atoms with Crippen LogP contribution in [0.15, 0.2) is 16.8 Å². The Hall–Kier alpha value is -1.18. The lowest BCUT2D eigenvalue weighted by molar-refractivity contribution is 0.366. The van der Waals surface area contributed by atoms with Gasteiger partial charge in [0.15, 0.2) is 5.82 Å². The van der Waals surface area contributed by atoms with Crippen LogP contribution in [-0.4, -0.2) is 20.2 Å². The molecule has 0 aliphatic heterocycles. The Morgan fingerprint density at radius 1 is 1.41 bits per heavy atom. The lowest BCUT2D eigenvalue weighted by Gasteiger charge is -2.20. The van der Waals surface area contributed by atoms with Crippen molar-refractivity contribution in [1.82, 2.24) is 15.1 Å². The summed E-state index contributed by atoms with van der Waals surface area (Å²) in [6.45, 7) is 0. The molecule has 17 heavy (non-hydrogen) atoms. The third-order valence-corrected chi connectivity index (χ3v) is 3.81. The number of halogens is 1. The minimum atomic E-state index is 0.131. The van der Waals surface area contributed by atoms with Gasteiger partial charge in [-0.1, -0.05) is 11.6 Å². The van der Waals surface area contributed by atoms with E-state index in [1.807, 2.05) is 22.6 Å². The van der Waals surface area contributed by atoms with E-state index in [4.69, 9.17) is 4.52 Å². The Bertz CT molecular complexity index is 551. The van der Waals surface area contributed by atoms with Crippen molar-refractivity contribution in [2.75, 3.05) is 0 Å². The van der Waals surface area contributed by atoms with Crippen molar-refractivity contribution in [3.05, 3.63) is 21.8 Å². The Morgan fingerprint density at radius 3 is 2.88 bits per heavy atom. The van der Waals surface area contributed by atoms with Gasteiger partial charge in [-0.3, -0.25) is 0 Å². The van der Waals surface area contributed by atoms with Gasteiger partial charge in [-0.25, -0.2) is 4.98 Å². The van der Waals surface area contributed by atoms with Crippen LogP contribution < -0.4 is 0 Å². The van der Waals surface area contributed by atoms with Gasteiger partial charge in [0, 0.05) is 12.1 Å².